The van der Waals surface area contributed by atoms with Crippen molar-refractivity contribution in [3.05, 3.63) is 47.9 Å². The standard InChI is InChI=1S/C13H11N5O2/c1-8(19)9-6-10(14-7-9)12(20)15-13-17-16-11-4-2-3-5-18(11)13/h2-7,14H,1H3,(H,15,17,20). The minimum absolute atomic E-state index is 0.103. The van der Waals surface area contributed by atoms with E-state index in [9.17, 15) is 9.59 Å². The highest BCUT2D eigenvalue weighted by molar-refractivity contribution is 6.04. The molecule has 0 fully saturated rings. The van der Waals surface area contributed by atoms with Gasteiger partial charge in [0.15, 0.2) is 11.4 Å². The van der Waals surface area contributed by atoms with Gasteiger partial charge >= 0.3 is 0 Å². The maximum Gasteiger partial charge on any atom is 0.274 e. The molecule has 2 N–H and O–H groups in total. The number of aromatic nitrogens is 4. The Hall–Kier alpha value is -2.96. The molecule has 0 saturated carbocycles. The number of ketones is 1. The van der Waals surface area contributed by atoms with Crippen molar-refractivity contribution in [3.63, 3.8) is 0 Å². The largest absolute Gasteiger partial charge is 0.356 e. The van der Waals surface area contributed by atoms with Crippen LogP contribution < -0.4 is 5.32 Å². The second-order valence-corrected chi connectivity index (χ2v) is 4.26. The van der Waals surface area contributed by atoms with Gasteiger partial charge in [-0.25, -0.2) is 0 Å². The predicted molar refractivity (Wildman–Crippen MR) is 71.7 cm³/mol. The van der Waals surface area contributed by atoms with Crippen molar-refractivity contribution in [2.45, 2.75) is 6.92 Å². The van der Waals surface area contributed by atoms with Crippen molar-refractivity contribution < 1.29 is 9.59 Å². The molecule has 0 aliphatic rings. The van der Waals surface area contributed by atoms with Crippen LogP contribution in [0, 0.1) is 0 Å². The maximum atomic E-state index is 12.1. The minimum atomic E-state index is -0.379. The van der Waals surface area contributed by atoms with Crippen molar-refractivity contribution in [3.8, 4) is 0 Å². The number of Topliss-reactive ketones (excluding diaryl/α,β-unsaturated/α-hetero) is 1. The van der Waals surface area contributed by atoms with Gasteiger partial charge in [-0.2, -0.15) is 0 Å². The van der Waals surface area contributed by atoms with E-state index >= 15 is 0 Å². The number of amides is 1. The number of anilines is 1. The Labute approximate surface area is 113 Å². The lowest BCUT2D eigenvalue weighted by Gasteiger charge is -2.01. The first kappa shape index (κ1) is 12.1. The van der Waals surface area contributed by atoms with E-state index in [4.69, 9.17) is 0 Å². The van der Waals surface area contributed by atoms with Crippen LogP contribution in [0.4, 0.5) is 5.95 Å². The number of carbonyl (C=O) groups excluding carboxylic acids is 2. The van der Waals surface area contributed by atoms with E-state index in [-0.39, 0.29) is 11.7 Å². The van der Waals surface area contributed by atoms with Crippen LogP contribution >= 0.6 is 0 Å². The van der Waals surface area contributed by atoms with Crippen LogP contribution in [0.1, 0.15) is 27.8 Å². The number of hydrogen-bond donors (Lipinski definition) is 2. The molecule has 1 amide bonds. The first-order chi connectivity index (χ1) is 9.65. The van der Waals surface area contributed by atoms with E-state index in [1.165, 1.54) is 19.2 Å². The van der Waals surface area contributed by atoms with Gasteiger partial charge in [0.1, 0.15) is 5.69 Å². The molecule has 0 radical (unpaired) electrons. The molecule has 3 aromatic rings. The fourth-order valence-electron chi connectivity index (χ4n) is 1.82. The highest BCUT2D eigenvalue weighted by Gasteiger charge is 2.13. The van der Waals surface area contributed by atoms with Crippen LogP contribution in [0.15, 0.2) is 36.7 Å². The Kier molecular flexibility index (Phi) is 2.79. The molecule has 0 aliphatic heterocycles. The molecule has 100 valence electrons. The van der Waals surface area contributed by atoms with E-state index in [0.29, 0.717) is 22.9 Å². The summed E-state index contributed by atoms with van der Waals surface area (Å²) >= 11 is 0. The Morgan fingerprint density at radius 1 is 1.30 bits per heavy atom. The summed E-state index contributed by atoms with van der Waals surface area (Å²) in [5.41, 5.74) is 1.39. The number of nitrogens with one attached hydrogen (secondary N) is 2. The topological polar surface area (TPSA) is 92.1 Å². The molecule has 3 rings (SSSR count). The van der Waals surface area contributed by atoms with E-state index in [2.05, 4.69) is 20.5 Å². The lowest BCUT2D eigenvalue weighted by atomic mass is 10.2. The summed E-state index contributed by atoms with van der Waals surface area (Å²) in [6, 6.07) is 6.93. The monoisotopic (exact) mass is 269 g/mol. The van der Waals surface area contributed by atoms with Crippen LogP contribution in [-0.2, 0) is 0 Å². The third kappa shape index (κ3) is 2.05. The van der Waals surface area contributed by atoms with Crippen molar-refractivity contribution >= 4 is 23.3 Å². The number of carbonyl (C=O) groups is 2. The first-order valence-corrected chi connectivity index (χ1v) is 5.95. The third-order valence-electron chi connectivity index (χ3n) is 2.87. The lowest BCUT2D eigenvalue weighted by Crippen LogP contribution is -2.14. The van der Waals surface area contributed by atoms with E-state index < -0.39 is 0 Å². The van der Waals surface area contributed by atoms with Gasteiger partial charge in [0.25, 0.3) is 5.91 Å². The molecule has 0 bridgehead atoms. The van der Waals surface area contributed by atoms with Gasteiger partial charge in [0, 0.05) is 18.0 Å². The number of hydrogen-bond acceptors (Lipinski definition) is 4. The third-order valence-corrected chi connectivity index (χ3v) is 2.87. The van der Waals surface area contributed by atoms with Gasteiger partial charge in [-0.15, -0.1) is 10.2 Å². The van der Waals surface area contributed by atoms with E-state index in [0.717, 1.165) is 0 Å². The Balaban J connectivity index is 1.86. The maximum absolute atomic E-state index is 12.1. The predicted octanol–water partition coefficient (Wildman–Crippen LogP) is 1.51. The zero-order chi connectivity index (χ0) is 14.1. The molecule has 3 aromatic heterocycles. The second kappa shape index (κ2) is 4.61. The quantitative estimate of drug-likeness (QED) is 0.705. The zero-order valence-corrected chi connectivity index (χ0v) is 10.6. The molecule has 0 aromatic carbocycles. The summed E-state index contributed by atoms with van der Waals surface area (Å²) in [6.45, 7) is 1.44. The molecule has 7 heteroatoms. The Morgan fingerprint density at radius 3 is 2.90 bits per heavy atom. The first-order valence-electron chi connectivity index (χ1n) is 5.95. The van der Waals surface area contributed by atoms with Gasteiger partial charge in [0.2, 0.25) is 5.95 Å². The number of pyridine rings is 1. The summed E-state index contributed by atoms with van der Waals surface area (Å²) in [5, 5.41) is 10.5. The van der Waals surface area contributed by atoms with Crippen LogP contribution in [0.2, 0.25) is 0 Å². The summed E-state index contributed by atoms with van der Waals surface area (Å²) in [7, 11) is 0. The molecule has 7 nitrogen and oxygen atoms in total. The number of aromatic amines is 1. The molecular weight excluding hydrogens is 258 g/mol. The highest BCUT2D eigenvalue weighted by Crippen LogP contribution is 2.10. The lowest BCUT2D eigenvalue weighted by molar-refractivity contribution is 0.101. The normalized spacial score (nSPS) is 10.7. The van der Waals surface area contributed by atoms with Crippen molar-refractivity contribution in [1.82, 2.24) is 19.6 Å². The summed E-state index contributed by atoms with van der Waals surface area (Å²) in [4.78, 5) is 26.0. The molecule has 0 unspecified atom stereocenters. The summed E-state index contributed by atoms with van der Waals surface area (Å²) in [5.74, 6) is -0.159. The SMILES string of the molecule is CC(=O)c1c[nH]c(C(=O)Nc2nnc3ccccn23)c1. The van der Waals surface area contributed by atoms with E-state index in [1.807, 2.05) is 12.1 Å². The van der Waals surface area contributed by atoms with Gasteiger partial charge in [-0.1, -0.05) is 6.07 Å². The number of rotatable bonds is 3. The fourth-order valence-corrected chi connectivity index (χ4v) is 1.82. The highest BCUT2D eigenvalue weighted by atomic mass is 16.2. The molecule has 20 heavy (non-hydrogen) atoms. The summed E-state index contributed by atoms with van der Waals surface area (Å²) in [6.07, 6.45) is 3.25. The summed E-state index contributed by atoms with van der Waals surface area (Å²) < 4.78 is 1.66. The van der Waals surface area contributed by atoms with Crippen LogP contribution in [-0.4, -0.2) is 31.3 Å². The molecule has 0 atom stereocenters. The fraction of sp³-hybridized carbons (Fsp3) is 0.0769. The van der Waals surface area contributed by atoms with Gasteiger partial charge < -0.3 is 4.98 Å². The van der Waals surface area contributed by atoms with Gasteiger partial charge in [0.05, 0.1) is 0 Å². The van der Waals surface area contributed by atoms with Gasteiger partial charge in [-0.3, -0.25) is 19.3 Å². The average Bonchev–Trinajstić information content (AvgIpc) is 3.06. The molecule has 0 spiro atoms. The molecule has 0 aliphatic carbocycles. The number of H-pyrrole nitrogens is 1. The zero-order valence-electron chi connectivity index (χ0n) is 10.6. The Bertz CT molecular complexity index is 802. The molecule has 3 heterocycles. The van der Waals surface area contributed by atoms with Crippen LogP contribution in [0.3, 0.4) is 0 Å². The van der Waals surface area contributed by atoms with E-state index in [1.54, 1.807) is 16.7 Å². The van der Waals surface area contributed by atoms with Crippen molar-refractivity contribution in [2.24, 2.45) is 0 Å². The van der Waals surface area contributed by atoms with Gasteiger partial charge in [-0.05, 0) is 25.1 Å². The number of nitrogens with zero attached hydrogens (tertiary/aromatic N) is 3. The van der Waals surface area contributed by atoms with Crippen molar-refractivity contribution in [1.29, 1.82) is 0 Å². The molecular formula is C13H11N5O2. The van der Waals surface area contributed by atoms with Crippen molar-refractivity contribution in [2.75, 3.05) is 5.32 Å². The molecule has 0 saturated heterocycles. The average molecular weight is 269 g/mol. The van der Waals surface area contributed by atoms with Crippen LogP contribution in [0.25, 0.3) is 5.65 Å². The van der Waals surface area contributed by atoms with Crippen LogP contribution in [0.5, 0.6) is 0 Å². The second-order valence-electron chi connectivity index (χ2n) is 4.26. The minimum Gasteiger partial charge on any atom is -0.356 e. The smallest absolute Gasteiger partial charge is 0.274 e. The Morgan fingerprint density at radius 2 is 2.15 bits per heavy atom. The number of fused-ring (bicyclic) bond motifs is 1.